The number of primary amides is 1. The molecule has 0 aliphatic carbocycles. The van der Waals surface area contributed by atoms with E-state index in [9.17, 15) is 4.79 Å². The average molecular weight is 280 g/mol. The van der Waals surface area contributed by atoms with Gasteiger partial charge in [-0.3, -0.25) is 4.79 Å². The zero-order chi connectivity index (χ0) is 13.8. The first-order chi connectivity index (χ1) is 9.13. The predicted octanol–water partition coefficient (Wildman–Crippen LogP) is 1.28. The van der Waals surface area contributed by atoms with Crippen molar-refractivity contribution in [2.75, 3.05) is 24.2 Å². The van der Waals surface area contributed by atoms with E-state index in [1.54, 1.807) is 0 Å². The summed E-state index contributed by atoms with van der Waals surface area (Å²) in [6, 6.07) is 1.96. The molecule has 102 valence electrons. The van der Waals surface area contributed by atoms with Crippen LogP contribution in [0.3, 0.4) is 0 Å². The van der Waals surface area contributed by atoms with Crippen LogP contribution in [0.15, 0.2) is 0 Å². The highest BCUT2D eigenvalue weighted by molar-refractivity contribution is 7.17. The fraction of sp³-hybridized carbons (Fsp3) is 0.500. The van der Waals surface area contributed by atoms with Crippen molar-refractivity contribution in [1.82, 2.24) is 0 Å². The number of nitriles is 1. The summed E-state index contributed by atoms with van der Waals surface area (Å²) >= 11 is 1.15. The average Bonchev–Trinajstić information content (AvgIpc) is 2.74. The lowest BCUT2D eigenvalue weighted by molar-refractivity contribution is 0.0248. The Morgan fingerprint density at radius 1 is 1.58 bits per heavy atom. The van der Waals surface area contributed by atoms with E-state index in [0.29, 0.717) is 16.4 Å². The number of rotatable bonds is 4. The van der Waals surface area contributed by atoms with Crippen molar-refractivity contribution in [1.29, 1.82) is 5.26 Å². The highest BCUT2D eigenvalue weighted by atomic mass is 32.1. The quantitative estimate of drug-likeness (QED) is 0.768. The maximum absolute atomic E-state index is 11.4. The van der Waals surface area contributed by atoms with Crippen LogP contribution in [-0.2, 0) is 4.74 Å². The Morgan fingerprint density at radius 2 is 2.37 bits per heavy atom. The molecule has 2 rings (SSSR count). The Kier molecular flexibility index (Phi) is 4.24. The van der Waals surface area contributed by atoms with Crippen LogP contribution in [-0.4, -0.2) is 25.2 Å². The largest absolute Gasteiger partial charge is 0.396 e. The molecule has 19 heavy (non-hydrogen) atoms. The first kappa shape index (κ1) is 13.6. The molecule has 6 nitrogen and oxygen atoms in total. The number of ether oxygens (including phenoxy) is 1. The molecule has 2 heterocycles. The first-order valence-corrected chi connectivity index (χ1v) is 6.92. The molecule has 7 heteroatoms. The lowest BCUT2D eigenvalue weighted by atomic mass is 10.1. The number of nitrogens with zero attached hydrogens (tertiary/aromatic N) is 1. The van der Waals surface area contributed by atoms with E-state index in [-0.39, 0.29) is 17.4 Å². The summed E-state index contributed by atoms with van der Waals surface area (Å²) in [5.41, 5.74) is 11.4. The fourth-order valence-corrected chi connectivity index (χ4v) is 3.00. The van der Waals surface area contributed by atoms with E-state index >= 15 is 0 Å². The zero-order valence-electron chi connectivity index (χ0n) is 10.4. The van der Waals surface area contributed by atoms with Gasteiger partial charge in [0.1, 0.15) is 15.9 Å². The fourth-order valence-electron chi connectivity index (χ4n) is 2.07. The van der Waals surface area contributed by atoms with Gasteiger partial charge >= 0.3 is 0 Å². The molecule has 1 aromatic rings. The number of nitrogens with two attached hydrogens (primary N) is 2. The molecule has 0 saturated carbocycles. The number of hydrogen-bond donors (Lipinski definition) is 3. The van der Waals surface area contributed by atoms with Gasteiger partial charge in [0.25, 0.3) is 5.91 Å². The minimum Gasteiger partial charge on any atom is -0.396 e. The van der Waals surface area contributed by atoms with Crippen LogP contribution in [0.25, 0.3) is 0 Å². The highest BCUT2D eigenvalue weighted by Gasteiger charge is 2.21. The van der Waals surface area contributed by atoms with Crippen LogP contribution in [0, 0.1) is 11.3 Å². The van der Waals surface area contributed by atoms with E-state index in [1.807, 2.05) is 6.07 Å². The van der Waals surface area contributed by atoms with Crippen molar-refractivity contribution >= 4 is 27.9 Å². The summed E-state index contributed by atoms with van der Waals surface area (Å²) in [7, 11) is 0. The zero-order valence-corrected chi connectivity index (χ0v) is 11.3. The van der Waals surface area contributed by atoms with Gasteiger partial charge in [0.2, 0.25) is 0 Å². The smallest absolute Gasteiger partial charge is 0.253 e. The number of anilines is 2. The van der Waals surface area contributed by atoms with Crippen molar-refractivity contribution in [3.8, 4) is 6.07 Å². The van der Waals surface area contributed by atoms with Crippen molar-refractivity contribution in [2.45, 2.75) is 25.4 Å². The lowest BCUT2D eigenvalue weighted by Gasteiger charge is -2.23. The molecular weight excluding hydrogens is 264 g/mol. The summed E-state index contributed by atoms with van der Waals surface area (Å²) in [5.74, 6) is -0.623. The van der Waals surface area contributed by atoms with Crippen LogP contribution < -0.4 is 16.8 Å². The third-order valence-electron chi connectivity index (χ3n) is 3.06. The molecule has 1 unspecified atom stereocenters. The second kappa shape index (κ2) is 5.91. The molecule has 1 aliphatic rings. The van der Waals surface area contributed by atoms with E-state index in [0.717, 1.165) is 37.2 Å². The number of hydrogen-bond acceptors (Lipinski definition) is 6. The van der Waals surface area contributed by atoms with Gasteiger partial charge in [-0.15, -0.1) is 11.3 Å². The molecule has 0 aromatic carbocycles. The second-order valence-electron chi connectivity index (χ2n) is 4.39. The predicted molar refractivity (Wildman–Crippen MR) is 74.0 cm³/mol. The molecule has 5 N–H and O–H groups in total. The second-order valence-corrected chi connectivity index (χ2v) is 5.42. The van der Waals surface area contributed by atoms with Crippen molar-refractivity contribution in [2.24, 2.45) is 5.73 Å². The Balaban J connectivity index is 2.11. The molecule has 1 fully saturated rings. The van der Waals surface area contributed by atoms with Gasteiger partial charge < -0.3 is 21.5 Å². The van der Waals surface area contributed by atoms with Gasteiger partial charge in [0, 0.05) is 13.2 Å². The topological polar surface area (TPSA) is 114 Å². The summed E-state index contributed by atoms with van der Waals surface area (Å²) in [5, 5.41) is 12.6. The molecule has 1 saturated heterocycles. The Bertz CT molecular complexity index is 515. The van der Waals surface area contributed by atoms with E-state index in [1.165, 1.54) is 0 Å². The van der Waals surface area contributed by atoms with Gasteiger partial charge in [-0.2, -0.15) is 5.26 Å². The minimum atomic E-state index is -0.623. The van der Waals surface area contributed by atoms with Gasteiger partial charge in [-0.05, 0) is 19.3 Å². The normalized spacial score (nSPS) is 18.8. The monoisotopic (exact) mass is 280 g/mol. The number of amides is 1. The molecule has 1 atom stereocenters. The molecule has 0 spiro atoms. The summed E-state index contributed by atoms with van der Waals surface area (Å²) < 4.78 is 5.59. The summed E-state index contributed by atoms with van der Waals surface area (Å²) in [6.07, 6.45) is 3.35. The molecule has 1 aliphatic heterocycles. The Labute approximate surface area is 115 Å². The third-order valence-corrected chi connectivity index (χ3v) is 4.13. The van der Waals surface area contributed by atoms with E-state index < -0.39 is 5.91 Å². The number of carbonyl (C=O) groups excluding carboxylic acids is 1. The van der Waals surface area contributed by atoms with Crippen LogP contribution in [0.1, 0.15) is 34.5 Å². The van der Waals surface area contributed by atoms with Gasteiger partial charge in [0.15, 0.2) is 0 Å². The van der Waals surface area contributed by atoms with Crippen LogP contribution in [0.4, 0.5) is 10.7 Å². The maximum atomic E-state index is 11.4. The number of nitrogens with one attached hydrogen (secondary N) is 1. The molecule has 1 amide bonds. The number of nitrogen functional groups attached to an aromatic ring is 1. The van der Waals surface area contributed by atoms with Crippen LogP contribution >= 0.6 is 11.3 Å². The third kappa shape index (κ3) is 2.97. The van der Waals surface area contributed by atoms with Crippen LogP contribution in [0.5, 0.6) is 0 Å². The van der Waals surface area contributed by atoms with Crippen molar-refractivity contribution < 1.29 is 9.53 Å². The summed E-state index contributed by atoms with van der Waals surface area (Å²) in [4.78, 5) is 11.7. The minimum absolute atomic E-state index is 0.128. The molecule has 0 radical (unpaired) electrons. The lowest BCUT2D eigenvalue weighted by Crippen LogP contribution is -2.27. The number of thiophene rings is 1. The Hall–Kier alpha value is -1.78. The standard InChI is InChI=1S/C12H16N4O2S/c13-5-8-10(14)9(11(15)17)12(19-8)16-6-7-3-1-2-4-18-7/h7,16H,1-4,6,14H2,(H2,15,17). The molecule has 1 aromatic heterocycles. The number of carbonyl (C=O) groups is 1. The maximum Gasteiger partial charge on any atom is 0.253 e. The Morgan fingerprint density at radius 3 is 2.95 bits per heavy atom. The van der Waals surface area contributed by atoms with Crippen LogP contribution in [0.2, 0.25) is 0 Å². The van der Waals surface area contributed by atoms with Crippen molar-refractivity contribution in [3.63, 3.8) is 0 Å². The first-order valence-electron chi connectivity index (χ1n) is 6.11. The van der Waals surface area contributed by atoms with Gasteiger partial charge in [0.05, 0.1) is 17.4 Å². The van der Waals surface area contributed by atoms with Gasteiger partial charge in [-0.1, -0.05) is 0 Å². The SMILES string of the molecule is N#Cc1sc(NCC2CCCCO2)c(C(N)=O)c1N. The molecular formula is C12H16N4O2S. The van der Waals surface area contributed by atoms with Crippen molar-refractivity contribution in [3.05, 3.63) is 10.4 Å². The highest BCUT2D eigenvalue weighted by Crippen LogP contribution is 2.35. The van der Waals surface area contributed by atoms with Gasteiger partial charge in [-0.25, -0.2) is 0 Å². The molecule has 0 bridgehead atoms. The summed E-state index contributed by atoms with van der Waals surface area (Å²) in [6.45, 7) is 1.36. The van der Waals surface area contributed by atoms with E-state index in [2.05, 4.69) is 5.32 Å². The van der Waals surface area contributed by atoms with E-state index in [4.69, 9.17) is 21.5 Å².